The Morgan fingerprint density at radius 2 is 1.88 bits per heavy atom. The summed E-state index contributed by atoms with van der Waals surface area (Å²) in [5.74, 6) is 1.71. The van der Waals surface area contributed by atoms with Crippen molar-refractivity contribution in [2.75, 3.05) is 50.3 Å². The number of rotatable bonds is 9. The molecule has 26 heavy (non-hydrogen) atoms. The lowest BCUT2D eigenvalue weighted by molar-refractivity contribution is -0.113. The van der Waals surface area contributed by atoms with Gasteiger partial charge in [0, 0.05) is 19.6 Å². The van der Waals surface area contributed by atoms with Crippen molar-refractivity contribution in [2.45, 2.75) is 6.54 Å². The number of carbonyl (C=O) groups excluding carboxylic acids is 1. The minimum atomic E-state index is -0.148. The van der Waals surface area contributed by atoms with Gasteiger partial charge in [-0.2, -0.15) is 12.6 Å². The van der Waals surface area contributed by atoms with Gasteiger partial charge >= 0.3 is 0 Å². The van der Waals surface area contributed by atoms with Crippen molar-refractivity contribution in [3.8, 4) is 5.75 Å². The minimum absolute atomic E-state index is 0.147. The van der Waals surface area contributed by atoms with Crippen LogP contribution in [0.1, 0.15) is 5.56 Å². The Bertz CT molecular complexity index is 690. The van der Waals surface area contributed by atoms with Gasteiger partial charge in [0.1, 0.15) is 11.6 Å². The van der Waals surface area contributed by atoms with Crippen LogP contribution in [0.2, 0.25) is 0 Å². The first-order chi connectivity index (χ1) is 12.5. The second kappa shape index (κ2) is 10.0. The van der Waals surface area contributed by atoms with Crippen molar-refractivity contribution in [1.29, 1.82) is 0 Å². The molecule has 2 rings (SSSR count). The SMILES string of the molecule is COc1ccc(CN(CCN(C)C)c2ccc(NC(=O)CS)cn2)cc1. The normalized spacial score (nSPS) is 10.7. The number of hydrogen-bond donors (Lipinski definition) is 2. The van der Waals surface area contributed by atoms with E-state index in [4.69, 9.17) is 4.74 Å². The number of amides is 1. The van der Waals surface area contributed by atoms with E-state index in [0.717, 1.165) is 31.2 Å². The predicted molar refractivity (Wildman–Crippen MR) is 109 cm³/mol. The molecule has 0 atom stereocenters. The van der Waals surface area contributed by atoms with E-state index in [9.17, 15) is 4.79 Å². The fraction of sp³-hybridized carbons (Fsp3) is 0.368. The molecule has 0 saturated heterocycles. The number of anilines is 2. The molecular formula is C19H26N4O2S. The van der Waals surface area contributed by atoms with Crippen LogP contribution in [-0.2, 0) is 11.3 Å². The third-order valence-electron chi connectivity index (χ3n) is 3.85. The first kappa shape index (κ1) is 20.1. The van der Waals surface area contributed by atoms with Gasteiger partial charge in [-0.15, -0.1) is 0 Å². The summed E-state index contributed by atoms with van der Waals surface area (Å²) in [4.78, 5) is 20.3. The molecule has 140 valence electrons. The number of pyridine rings is 1. The Labute approximate surface area is 160 Å². The van der Waals surface area contributed by atoms with Crippen molar-refractivity contribution in [1.82, 2.24) is 9.88 Å². The van der Waals surface area contributed by atoms with Crippen molar-refractivity contribution in [3.05, 3.63) is 48.2 Å². The van der Waals surface area contributed by atoms with Crippen LogP contribution < -0.4 is 15.0 Å². The van der Waals surface area contributed by atoms with Gasteiger partial charge in [-0.05, 0) is 43.9 Å². The van der Waals surface area contributed by atoms with Crippen LogP contribution in [0, 0.1) is 0 Å². The highest BCUT2D eigenvalue weighted by atomic mass is 32.1. The topological polar surface area (TPSA) is 57.7 Å². The standard InChI is InChI=1S/C19H26N4O2S/c1-22(2)10-11-23(13-15-4-7-17(25-3)8-5-15)18-9-6-16(12-20-18)21-19(24)14-26/h4-9,12,26H,10-11,13-14H2,1-3H3,(H,21,24). The molecule has 0 fully saturated rings. The molecule has 1 amide bonds. The lowest BCUT2D eigenvalue weighted by atomic mass is 10.2. The quantitative estimate of drug-likeness (QED) is 0.661. The van der Waals surface area contributed by atoms with Gasteiger partial charge < -0.3 is 19.9 Å². The number of likely N-dealkylation sites (N-methyl/N-ethyl adjacent to an activating group) is 1. The van der Waals surface area contributed by atoms with Gasteiger partial charge in [0.25, 0.3) is 0 Å². The summed E-state index contributed by atoms with van der Waals surface area (Å²) in [6.07, 6.45) is 1.67. The smallest absolute Gasteiger partial charge is 0.234 e. The third-order valence-corrected chi connectivity index (χ3v) is 4.14. The lowest BCUT2D eigenvalue weighted by Gasteiger charge is -2.25. The highest BCUT2D eigenvalue weighted by Gasteiger charge is 2.10. The average Bonchev–Trinajstić information content (AvgIpc) is 2.66. The van der Waals surface area contributed by atoms with Crippen LogP contribution in [0.5, 0.6) is 5.75 Å². The van der Waals surface area contributed by atoms with E-state index in [1.165, 1.54) is 5.56 Å². The van der Waals surface area contributed by atoms with Crippen molar-refractivity contribution in [3.63, 3.8) is 0 Å². The van der Waals surface area contributed by atoms with E-state index in [2.05, 4.69) is 59.0 Å². The van der Waals surface area contributed by atoms with Crippen LogP contribution in [0.25, 0.3) is 0 Å². The molecular weight excluding hydrogens is 348 g/mol. The second-order valence-electron chi connectivity index (χ2n) is 6.18. The maximum atomic E-state index is 11.4. The van der Waals surface area contributed by atoms with E-state index in [-0.39, 0.29) is 11.7 Å². The summed E-state index contributed by atoms with van der Waals surface area (Å²) in [6.45, 7) is 2.50. The Kier molecular flexibility index (Phi) is 7.74. The molecule has 0 radical (unpaired) electrons. The molecule has 1 aromatic heterocycles. The summed E-state index contributed by atoms with van der Waals surface area (Å²) in [6, 6.07) is 11.8. The maximum Gasteiger partial charge on any atom is 0.234 e. The van der Waals surface area contributed by atoms with E-state index >= 15 is 0 Å². The van der Waals surface area contributed by atoms with Crippen LogP contribution in [0.3, 0.4) is 0 Å². The summed E-state index contributed by atoms with van der Waals surface area (Å²) in [5.41, 5.74) is 1.85. The van der Waals surface area contributed by atoms with Gasteiger partial charge in [-0.25, -0.2) is 4.98 Å². The zero-order chi connectivity index (χ0) is 18.9. The molecule has 0 spiro atoms. The lowest BCUT2D eigenvalue weighted by Crippen LogP contribution is -2.32. The van der Waals surface area contributed by atoms with Crippen LogP contribution >= 0.6 is 12.6 Å². The summed E-state index contributed by atoms with van der Waals surface area (Å²) >= 11 is 3.96. The summed E-state index contributed by atoms with van der Waals surface area (Å²) in [7, 11) is 5.76. The van der Waals surface area contributed by atoms with Crippen molar-refractivity contribution < 1.29 is 9.53 Å². The van der Waals surface area contributed by atoms with Gasteiger partial charge in [0.15, 0.2) is 0 Å². The van der Waals surface area contributed by atoms with E-state index < -0.39 is 0 Å². The first-order valence-electron chi connectivity index (χ1n) is 8.41. The molecule has 0 aliphatic heterocycles. The van der Waals surface area contributed by atoms with Gasteiger partial charge in [0.2, 0.25) is 5.91 Å². The number of benzene rings is 1. The Balaban J connectivity index is 2.13. The molecule has 0 saturated carbocycles. The van der Waals surface area contributed by atoms with Crippen molar-refractivity contribution in [2.24, 2.45) is 0 Å². The molecule has 1 N–H and O–H groups in total. The Morgan fingerprint density at radius 3 is 2.42 bits per heavy atom. The molecule has 1 aromatic carbocycles. The highest BCUT2D eigenvalue weighted by Crippen LogP contribution is 2.19. The molecule has 2 aromatic rings. The Hall–Kier alpha value is -2.25. The van der Waals surface area contributed by atoms with Crippen molar-refractivity contribution >= 4 is 30.0 Å². The second-order valence-corrected chi connectivity index (χ2v) is 6.50. The van der Waals surface area contributed by atoms with Gasteiger partial charge in [-0.3, -0.25) is 4.79 Å². The predicted octanol–water partition coefficient (Wildman–Crippen LogP) is 2.53. The number of aromatic nitrogens is 1. The zero-order valence-corrected chi connectivity index (χ0v) is 16.4. The van der Waals surface area contributed by atoms with Gasteiger partial charge in [-0.1, -0.05) is 12.1 Å². The average molecular weight is 375 g/mol. The van der Waals surface area contributed by atoms with Gasteiger partial charge in [0.05, 0.1) is 24.7 Å². The number of hydrogen-bond acceptors (Lipinski definition) is 6. The zero-order valence-electron chi connectivity index (χ0n) is 15.5. The summed E-state index contributed by atoms with van der Waals surface area (Å²) < 4.78 is 5.22. The largest absolute Gasteiger partial charge is 0.497 e. The number of nitrogens with one attached hydrogen (secondary N) is 1. The molecule has 0 unspecified atom stereocenters. The molecule has 6 nitrogen and oxygen atoms in total. The van der Waals surface area contributed by atoms with Crippen LogP contribution in [-0.4, -0.2) is 55.8 Å². The van der Waals surface area contributed by atoms with Crippen LogP contribution in [0.15, 0.2) is 42.6 Å². The molecule has 0 bridgehead atoms. The Morgan fingerprint density at radius 1 is 1.15 bits per heavy atom. The highest BCUT2D eigenvalue weighted by molar-refractivity contribution is 7.81. The molecule has 0 aliphatic carbocycles. The molecule has 0 aliphatic rings. The molecule has 1 heterocycles. The minimum Gasteiger partial charge on any atom is -0.497 e. The monoisotopic (exact) mass is 374 g/mol. The number of thiol groups is 1. The third kappa shape index (κ3) is 6.24. The van der Waals surface area contributed by atoms with E-state index in [1.54, 1.807) is 13.3 Å². The van der Waals surface area contributed by atoms with E-state index in [1.807, 2.05) is 24.3 Å². The fourth-order valence-electron chi connectivity index (χ4n) is 2.39. The fourth-order valence-corrected chi connectivity index (χ4v) is 2.47. The molecule has 7 heteroatoms. The first-order valence-corrected chi connectivity index (χ1v) is 9.04. The van der Waals surface area contributed by atoms with E-state index in [0.29, 0.717) is 5.69 Å². The number of nitrogens with zero attached hydrogens (tertiary/aromatic N) is 3. The van der Waals surface area contributed by atoms with Crippen LogP contribution in [0.4, 0.5) is 11.5 Å². The number of methoxy groups -OCH3 is 1. The number of ether oxygens (including phenoxy) is 1. The summed E-state index contributed by atoms with van der Waals surface area (Å²) in [5, 5.41) is 2.75. The maximum absolute atomic E-state index is 11.4. The number of carbonyl (C=O) groups is 1.